The summed E-state index contributed by atoms with van der Waals surface area (Å²) in [5.41, 5.74) is 4.46. The number of nitrogens with two attached hydrogens (primary N) is 1. The summed E-state index contributed by atoms with van der Waals surface area (Å²) in [6.45, 7) is 2.63. The van der Waals surface area contributed by atoms with Crippen LogP contribution in [0.3, 0.4) is 0 Å². The average Bonchev–Trinajstić information content (AvgIpc) is 2.89. The van der Waals surface area contributed by atoms with E-state index >= 15 is 0 Å². The SMILES string of the molecule is Cc1ccc(F)c(C(N)=O)c1.O=C(O)c1nnccc1N1CCN(C(=O)c2ccccc2C(F)(F)F)CC1. The molecule has 1 aromatic heterocycles. The first-order valence-electron chi connectivity index (χ1n) is 11.2. The van der Waals surface area contributed by atoms with E-state index in [-0.39, 0.29) is 37.4 Å². The molecule has 1 saturated heterocycles. The van der Waals surface area contributed by atoms with Crippen molar-refractivity contribution in [3.05, 3.63) is 88.5 Å². The lowest BCUT2D eigenvalue weighted by Crippen LogP contribution is -2.49. The maximum absolute atomic E-state index is 13.1. The van der Waals surface area contributed by atoms with Crippen LogP contribution in [0.4, 0.5) is 23.2 Å². The number of piperazine rings is 1. The van der Waals surface area contributed by atoms with Crippen molar-refractivity contribution < 1.29 is 37.1 Å². The number of carbonyl (C=O) groups is 3. The molecule has 38 heavy (non-hydrogen) atoms. The summed E-state index contributed by atoms with van der Waals surface area (Å²) in [7, 11) is 0. The van der Waals surface area contributed by atoms with Crippen LogP contribution in [0.5, 0.6) is 0 Å². The molecule has 9 nitrogen and oxygen atoms in total. The Hall–Kier alpha value is -4.55. The number of halogens is 4. The fraction of sp³-hybridized carbons (Fsp3) is 0.240. The third-order valence-corrected chi connectivity index (χ3v) is 5.66. The monoisotopic (exact) mass is 533 g/mol. The Morgan fingerprint density at radius 3 is 2.21 bits per heavy atom. The molecule has 0 atom stereocenters. The number of hydrogen-bond donors (Lipinski definition) is 2. The minimum absolute atomic E-state index is 0.0509. The highest BCUT2D eigenvalue weighted by Crippen LogP contribution is 2.32. The number of amides is 2. The van der Waals surface area contributed by atoms with Gasteiger partial charge in [0.1, 0.15) is 5.82 Å². The van der Waals surface area contributed by atoms with E-state index in [0.717, 1.165) is 17.7 Å². The molecule has 13 heteroatoms. The second-order valence-corrected chi connectivity index (χ2v) is 8.24. The van der Waals surface area contributed by atoms with Gasteiger partial charge in [0.2, 0.25) is 0 Å². The fourth-order valence-electron chi connectivity index (χ4n) is 3.80. The van der Waals surface area contributed by atoms with Crippen molar-refractivity contribution in [3.8, 4) is 0 Å². The summed E-state index contributed by atoms with van der Waals surface area (Å²) in [5, 5.41) is 16.3. The first-order chi connectivity index (χ1) is 17.9. The van der Waals surface area contributed by atoms with Crippen LogP contribution in [-0.2, 0) is 6.18 Å². The number of aromatic carboxylic acids is 1. The number of benzene rings is 2. The predicted molar refractivity (Wildman–Crippen MR) is 128 cm³/mol. The summed E-state index contributed by atoms with van der Waals surface area (Å²) in [5.74, 6) is -3.22. The summed E-state index contributed by atoms with van der Waals surface area (Å²) >= 11 is 0. The molecular weight excluding hydrogens is 510 g/mol. The van der Waals surface area contributed by atoms with E-state index in [2.05, 4.69) is 10.2 Å². The minimum atomic E-state index is -4.62. The molecule has 2 heterocycles. The van der Waals surface area contributed by atoms with Crippen molar-refractivity contribution >= 4 is 23.5 Å². The van der Waals surface area contributed by atoms with Gasteiger partial charge in [-0.1, -0.05) is 23.8 Å². The number of anilines is 1. The number of carbonyl (C=O) groups excluding carboxylic acids is 2. The third-order valence-electron chi connectivity index (χ3n) is 5.66. The number of rotatable bonds is 4. The molecule has 1 aliphatic heterocycles. The highest BCUT2D eigenvalue weighted by molar-refractivity contribution is 5.96. The Bertz CT molecular complexity index is 1340. The van der Waals surface area contributed by atoms with Gasteiger partial charge in [0.05, 0.1) is 28.6 Å². The molecular formula is C25H23F4N5O4. The Labute approximate surface area is 214 Å². The van der Waals surface area contributed by atoms with Crippen LogP contribution in [0.15, 0.2) is 54.7 Å². The third kappa shape index (κ3) is 6.60. The van der Waals surface area contributed by atoms with E-state index in [4.69, 9.17) is 5.73 Å². The highest BCUT2D eigenvalue weighted by Gasteiger charge is 2.36. The number of alkyl halides is 3. The van der Waals surface area contributed by atoms with Crippen molar-refractivity contribution in [1.82, 2.24) is 15.1 Å². The first kappa shape index (κ1) is 28.0. The van der Waals surface area contributed by atoms with Gasteiger partial charge in [0.15, 0.2) is 5.69 Å². The maximum Gasteiger partial charge on any atom is 0.417 e. The van der Waals surface area contributed by atoms with E-state index in [1.807, 2.05) is 0 Å². The van der Waals surface area contributed by atoms with Gasteiger partial charge < -0.3 is 20.6 Å². The molecule has 0 spiro atoms. The zero-order chi connectivity index (χ0) is 28.0. The summed E-state index contributed by atoms with van der Waals surface area (Å²) in [6.07, 6.45) is -3.26. The fourth-order valence-corrected chi connectivity index (χ4v) is 3.80. The van der Waals surface area contributed by atoms with Crippen molar-refractivity contribution in [3.63, 3.8) is 0 Å². The average molecular weight is 533 g/mol. The molecule has 3 N–H and O–H groups in total. The van der Waals surface area contributed by atoms with Gasteiger partial charge >= 0.3 is 12.1 Å². The number of carboxylic acid groups (broad SMARTS) is 1. The lowest BCUT2D eigenvalue weighted by Gasteiger charge is -2.36. The van der Waals surface area contributed by atoms with Gasteiger partial charge in [0, 0.05) is 26.2 Å². The van der Waals surface area contributed by atoms with Crippen molar-refractivity contribution in [2.45, 2.75) is 13.1 Å². The predicted octanol–water partition coefficient (Wildman–Crippen LogP) is 3.39. The maximum atomic E-state index is 13.1. The number of hydrogen-bond acceptors (Lipinski definition) is 6. The van der Waals surface area contributed by atoms with E-state index in [1.165, 1.54) is 41.4 Å². The number of carboxylic acids is 1. The summed E-state index contributed by atoms with van der Waals surface area (Å²) in [4.78, 5) is 37.4. The summed E-state index contributed by atoms with van der Waals surface area (Å²) in [6, 6.07) is 10.4. The second-order valence-electron chi connectivity index (χ2n) is 8.24. The molecule has 2 aromatic carbocycles. The lowest BCUT2D eigenvalue weighted by atomic mass is 10.1. The topological polar surface area (TPSA) is 130 Å². The molecule has 1 fully saturated rings. The molecule has 2 amide bonds. The molecule has 4 rings (SSSR count). The van der Waals surface area contributed by atoms with Crippen LogP contribution >= 0.6 is 0 Å². The van der Waals surface area contributed by atoms with Crippen LogP contribution in [0.2, 0.25) is 0 Å². The largest absolute Gasteiger partial charge is 0.476 e. The lowest BCUT2D eigenvalue weighted by molar-refractivity contribution is -0.138. The van der Waals surface area contributed by atoms with Crippen LogP contribution < -0.4 is 10.6 Å². The standard InChI is InChI=1S/C17H15F3N4O3.C8H8FNO/c18-17(19,20)12-4-2-1-3-11(12)15(25)24-9-7-23(8-10-24)13-5-6-21-22-14(13)16(26)27;1-5-2-3-7(9)6(4-5)8(10)11/h1-6H,7-10H2,(H,26,27);2-4H,1H3,(H2,10,11). The number of aromatic nitrogens is 2. The normalized spacial score (nSPS) is 13.4. The van der Waals surface area contributed by atoms with Crippen molar-refractivity contribution in [2.24, 2.45) is 5.73 Å². The van der Waals surface area contributed by atoms with E-state index in [1.54, 1.807) is 17.9 Å². The van der Waals surface area contributed by atoms with Crippen LogP contribution in [0.25, 0.3) is 0 Å². The zero-order valence-corrected chi connectivity index (χ0v) is 20.1. The van der Waals surface area contributed by atoms with Gasteiger partial charge in [-0.05, 0) is 37.3 Å². The smallest absolute Gasteiger partial charge is 0.417 e. The zero-order valence-electron chi connectivity index (χ0n) is 20.1. The Kier molecular flexibility index (Phi) is 8.61. The number of primary amides is 1. The van der Waals surface area contributed by atoms with E-state index in [9.17, 15) is 37.1 Å². The van der Waals surface area contributed by atoms with Crippen molar-refractivity contribution in [1.29, 1.82) is 0 Å². The van der Waals surface area contributed by atoms with Crippen LogP contribution in [0.1, 0.15) is 42.3 Å². The van der Waals surface area contributed by atoms with Crippen molar-refractivity contribution in [2.75, 3.05) is 31.1 Å². The molecule has 0 unspecified atom stereocenters. The summed E-state index contributed by atoms with van der Waals surface area (Å²) < 4.78 is 52.1. The number of aryl methyl sites for hydroxylation is 1. The molecule has 0 radical (unpaired) electrons. The molecule has 3 aromatic rings. The van der Waals surface area contributed by atoms with Crippen LogP contribution in [-0.4, -0.2) is 64.2 Å². The van der Waals surface area contributed by atoms with Crippen LogP contribution in [0, 0.1) is 12.7 Å². The molecule has 0 aliphatic carbocycles. The van der Waals surface area contributed by atoms with Gasteiger partial charge in [0.25, 0.3) is 11.8 Å². The Balaban J connectivity index is 0.000000304. The van der Waals surface area contributed by atoms with E-state index in [0.29, 0.717) is 5.69 Å². The first-order valence-corrected chi connectivity index (χ1v) is 11.2. The highest BCUT2D eigenvalue weighted by atomic mass is 19.4. The molecule has 0 bridgehead atoms. The minimum Gasteiger partial charge on any atom is -0.476 e. The molecule has 1 aliphatic rings. The number of nitrogens with zero attached hydrogens (tertiary/aromatic N) is 4. The van der Waals surface area contributed by atoms with Gasteiger partial charge in [-0.2, -0.15) is 18.3 Å². The van der Waals surface area contributed by atoms with Gasteiger partial charge in [-0.3, -0.25) is 9.59 Å². The molecule has 0 saturated carbocycles. The Morgan fingerprint density at radius 2 is 1.63 bits per heavy atom. The quantitative estimate of drug-likeness (QED) is 0.492. The van der Waals surface area contributed by atoms with Gasteiger partial charge in [-0.15, -0.1) is 5.10 Å². The van der Waals surface area contributed by atoms with Gasteiger partial charge in [-0.25, -0.2) is 9.18 Å². The van der Waals surface area contributed by atoms with E-state index < -0.39 is 40.9 Å². The second kappa shape index (κ2) is 11.7. The molecule has 200 valence electrons. The Morgan fingerprint density at radius 1 is 0.974 bits per heavy atom.